The second-order valence-electron chi connectivity index (χ2n) is 7.66. The van der Waals surface area contributed by atoms with Crippen LogP contribution in [0.2, 0.25) is 0 Å². The first kappa shape index (κ1) is 18.6. The van der Waals surface area contributed by atoms with Crippen LogP contribution in [-0.4, -0.2) is 71.3 Å². The largest absolute Gasteiger partial charge is 0.378 e. The van der Waals surface area contributed by atoms with E-state index in [9.17, 15) is 9.59 Å². The van der Waals surface area contributed by atoms with Crippen LogP contribution in [0, 0.1) is 0 Å². The maximum atomic E-state index is 13.3. The lowest BCUT2D eigenvalue weighted by molar-refractivity contribution is 0.0297. The standard InChI is InChI=1S/C21H26N4O3/c1-14(2)24-16-8-6-5-7-15(16)19-17(24)13-18(25(19)21(27)22(3)4)20(26)23-9-11-28-12-10-23/h5-8,13-14H,9-12H2,1-4H3. The van der Waals surface area contributed by atoms with E-state index < -0.39 is 0 Å². The molecular weight excluding hydrogens is 356 g/mol. The van der Waals surface area contributed by atoms with Gasteiger partial charge in [0, 0.05) is 38.6 Å². The minimum Gasteiger partial charge on any atom is -0.378 e. The van der Waals surface area contributed by atoms with Crippen LogP contribution in [0.1, 0.15) is 30.4 Å². The molecule has 1 fully saturated rings. The fourth-order valence-corrected chi connectivity index (χ4v) is 3.99. The van der Waals surface area contributed by atoms with Gasteiger partial charge in [0.1, 0.15) is 5.69 Å². The van der Waals surface area contributed by atoms with E-state index in [-0.39, 0.29) is 18.0 Å². The van der Waals surface area contributed by atoms with E-state index in [0.717, 1.165) is 21.9 Å². The second-order valence-corrected chi connectivity index (χ2v) is 7.66. The lowest BCUT2D eigenvalue weighted by atomic mass is 10.2. The van der Waals surface area contributed by atoms with Gasteiger partial charge in [0.05, 0.1) is 29.8 Å². The highest BCUT2D eigenvalue weighted by molar-refractivity contribution is 6.14. The topological polar surface area (TPSA) is 59.7 Å². The van der Waals surface area contributed by atoms with Crippen LogP contribution in [0.3, 0.4) is 0 Å². The van der Waals surface area contributed by atoms with Gasteiger partial charge in [0.2, 0.25) is 0 Å². The second kappa shape index (κ2) is 6.98. The first-order valence-corrected chi connectivity index (χ1v) is 9.65. The zero-order valence-electron chi connectivity index (χ0n) is 16.8. The number of hydrogen-bond donors (Lipinski definition) is 0. The summed E-state index contributed by atoms with van der Waals surface area (Å²) in [6.45, 7) is 6.34. The van der Waals surface area contributed by atoms with Crippen LogP contribution in [0.4, 0.5) is 4.79 Å². The molecule has 3 heterocycles. The number of amides is 2. The molecule has 3 aromatic rings. The molecule has 2 aromatic heterocycles. The predicted molar refractivity (Wildman–Crippen MR) is 109 cm³/mol. The lowest BCUT2D eigenvalue weighted by Crippen LogP contribution is -2.42. The highest BCUT2D eigenvalue weighted by Gasteiger charge is 2.29. The molecule has 1 aliphatic rings. The maximum Gasteiger partial charge on any atom is 0.328 e. The molecule has 0 radical (unpaired) electrons. The SMILES string of the molecule is CC(C)n1c2ccccc2c2c1cc(C(=O)N1CCOCC1)n2C(=O)N(C)C. The fourth-order valence-electron chi connectivity index (χ4n) is 3.99. The van der Waals surface area contributed by atoms with Crippen LogP contribution in [-0.2, 0) is 4.74 Å². The number of aromatic nitrogens is 2. The average molecular weight is 382 g/mol. The monoisotopic (exact) mass is 382 g/mol. The molecule has 7 heteroatoms. The van der Waals surface area contributed by atoms with Crippen LogP contribution in [0.25, 0.3) is 21.9 Å². The third-order valence-electron chi connectivity index (χ3n) is 5.27. The van der Waals surface area contributed by atoms with Crippen molar-refractivity contribution in [2.75, 3.05) is 40.4 Å². The number of para-hydroxylation sites is 1. The Morgan fingerprint density at radius 3 is 2.39 bits per heavy atom. The molecule has 4 rings (SSSR count). The normalized spacial score (nSPS) is 15.0. The summed E-state index contributed by atoms with van der Waals surface area (Å²) < 4.78 is 9.15. The molecule has 0 aliphatic carbocycles. The quantitative estimate of drug-likeness (QED) is 0.684. The molecule has 0 saturated carbocycles. The number of fused-ring (bicyclic) bond motifs is 3. The van der Waals surface area contributed by atoms with E-state index in [0.29, 0.717) is 32.0 Å². The van der Waals surface area contributed by atoms with E-state index in [1.807, 2.05) is 24.3 Å². The van der Waals surface area contributed by atoms with Gasteiger partial charge < -0.3 is 19.1 Å². The van der Waals surface area contributed by atoms with Gasteiger partial charge in [-0.1, -0.05) is 18.2 Å². The molecule has 28 heavy (non-hydrogen) atoms. The predicted octanol–water partition coefficient (Wildman–Crippen LogP) is 3.18. The van der Waals surface area contributed by atoms with Gasteiger partial charge in [-0.05, 0) is 26.0 Å². The number of rotatable bonds is 2. The van der Waals surface area contributed by atoms with Crippen molar-refractivity contribution < 1.29 is 14.3 Å². The van der Waals surface area contributed by atoms with Crippen LogP contribution < -0.4 is 0 Å². The van der Waals surface area contributed by atoms with Crippen LogP contribution in [0.5, 0.6) is 0 Å². The van der Waals surface area contributed by atoms with Crippen molar-refractivity contribution >= 4 is 33.9 Å². The van der Waals surface area contributed by atoms with Gasteiger partial charge in [0.15, 0.2) is 0 Å². The number of morpholine rings is 1. The molecule has 1 aliphatic heterocycles. The van der Waals surface area contributed by atoms with Crippen molar-refractivity contribution in [3.05, 3.63) is 36.0 Å². The molecule has 0 spiro atoms. The van der Waals surface area contributed by atoms with E-state index in [1.54, 1.807) is 23.6 Å². The van der Waals surface area contributed by atoms with Gasteiger partial charge in [0.25, 0.3) is 5.91 Å². The molecule has 0 bridgehead atoms. The molecule has 0 unspecified atom stereocenters. The fraction of sp³-hybridized carbons (Fsp3) is 0.429. The molecule has 1 aromatic carbocycles. The van der Waals surface area contributed by atoms with Crippen molar-refractivity contribution in [1.82, 2.24) is 18.9 Å². The number of hydrogen-bond acceptors (Lipinski definition) is 3. The van der Waals surface area contributed by atoms with Crippen molar-refractivity contribution in [2.24, 2.45) is 0 Å². The van der Waals surface area contributed by atoms with Gasteiger partial charge in [-0.3, -0.25) is 9.36 Å². The summed E-state index contributed by atoms with van der Waals surface area (Å²) >= 11 is 0. The number of carbonyl (C=O) groups excluding carboxylic acids is 2. The highest BCUT2D eigenvalue weighted by atomic mass is 16.5. The summed E-state index contributed by atoms with van der Waals surface area (Å²) in [6, 6.07) is 9.87. The minimum absolute atomic E-state index is 0.130. The van der Waals surface area contributed by atoms with Gasteiger partial charge >= 0.3 is 6.03 Å². The van der Waals surface area contributed by atoms with Crippen LogP contribution in [0.15, 0.2) is 30.3 Å². The summed E-state index contributed by atoms with van der Waals surface area (Å²) in [6.07, 6.45) is 0. The van der Waals surface area contributed by atoms with E-state index in [1.165, 1.54) is 4.90 Å². The Kier molecular flexibility index (Phi) is 4.63. The molecular formula is C21H26N4O3. The molecule has 1 saturated heterocycles. The van der Waals surface area contributed by atoms with Crippen LogP contribution >= 0.6 is 0 Å². The van der Waals surface area contributed by atoms with Crippen molar-refractivity contribution in [3.8, 4) is 0 Å². The van der Waals surface area contributed by atoms with Gasteiger partial charge in [-0.2, -0.15) is 0 Å². The number of ether oxygens (including phenoxy) is 1. The Bertz CT molecular complexity index is 1050. The Morgan fingerprint density at radius 2 is 1.75 bits per heavy atom. The lowest BCUT2D eigenvalue weighted by Gasteiger charge is -2.27. The first-order chi connectivity index (χ1) is 13.4. The van der Waals surface area contributed by atoms with Gasteiger partial charge in [-0.15, -0.1) is 0 Å². The van der Waals surface area contributed by atoms with Crippen molar-refractivity contribution in [1.29, 1.82) is 0 Å². The molecule has 0 atom stereocenters. The summed E-state index contributed by atoms with van der Waals surface area (Å²) in [5.41, 5.74) is 3.17. The molecule has 148 valence electrons. The Balaban J connectivity index is 2.02. The van der Waals surface area contributed by atoms with E-state index in [4.69, 9.17) is 4.74 Å². The Labute approximate surface area is 164 Å². The van der Waals surface area contributed by atoms with Gasteiger partial charge in [-0.25, -0.2) is 4.79 Å². The summed E-state index contributed by atoms with van der Waals surface area (Å²) in [7, 11) is 3.41. The summed E-state index contributed by atoms with van der Waals surface area (Å²) in [4.78, 5) is 29.7. The van der Waals surface area contributed by atoms with Crippen molar-refractivity contribution in [2.45, 2.75) is 19.9 Å². The third kappa shape index (κ3) is 2.77. The number of benzene rings is 1. The highest BCUT2D eigenvalue weighted by Crippen LogP contribution is 2.34. The van der Waals surface area contributed by atoms with E-state index >= 15 is 0 Å². The summed E-state index contributed by atoms with van der Waals surface area (Å²) in [5.74, 6) is -0.130. The number of carbonyl (C=O) groups is 2. The van der Waals surface area contributed by atoms with E-state index in [2.05, 4.69) is 24.5 Å². The Hall–Kier alpha value is -2.80. The molecule has 2 amide bonds. The molecule has 0 N–H and O–H groups in total. The first-order valence-electron chi connectivity index (χ1n) is 9.65. The number of nitrogens with zero attached hydrogens (tertiary/aromatic N) is 4. The zero-order valence-corrected chi connectivity index (χ0v) is 16.8. The minimum atomic E-state index is -0.224. The molecule has 7 nitrogen and oxygen atoms in total. The zero-order chi connectivity index (χ0) is 20.0. The average Bonchev–Trinajstić information content (AvgIpc) is 3.21. The summed E-state index contributed by atoms with van der Waals surface area (Å²) in [5, 5.41) is 0.974. The smallest absolute Gasteiger partial charge is 0.328 e. The van der Waals surface area contributed by atoms with Crippen molar-refractivity contribution in [3.63, 3.8) is 0 Å². The third-order valence-corrected chi connectivity index (χ3v) is 5.27. The maximum absolute atomic E-state index is 13.3. The Morgan fingerprint density at radius 1 is 1.07 bits per heavy atom.